The van der Waals surface area contributed by atoms with Crippen LogP contribution in [-0.4, -0.2) is 33.7 Å². The first-order valence-electron chi connectivity index (χ1n) is 11.2. The van der Waals surface area contributed by atoms with Gasteiger partial charge in [-0.05, 0) is 50.6 Å². The van der Waals surface area contributed by atoms with Crippen molar-refractivity contribution in [2.75, 3.05) is 11.9 Å². The van der Waals surface area contributed by atoms with E-state index in [1.165, 1.54) is 22.8 Å². The Morgan fingerprint density at radius 2 is 1.84 bits per heavy atom. The fraction of sp³-hybridized carbons (Fsp3) is 0.320. The van der Waals surface area contributed by atoms with E-state index in [-0.39, 0.29) is 11.9 Å². The highest BCUT2D eigenvalue weighted by Crippen LogP contribution is 2.39. The number of aromatic nitrogens is 1. The minimum absolute atomic E-state index is 0.0258. The van der Waals surface area contributed by atoms with Gasteiger partial charge in [-0.15, -0.1) is 0 Å². The predicted molar refractivity (Wildman–Crippen MR) is 134 cm³/mol. The summed E-state index contributed by atoms with van der Waals surface area (Å²) in [6, 6.07) is 7.15. The number of rotatable bonds is 4. The van der Waals surface area contributed by atoms with Crippen LogP contribution in [0.4, 0.5) is 18.9 Å². The summed E-state index contributed by atoms with van der Waals surface area (Å²) in [4.78, 5) is 38.4. The summed E-state index contributed by atoms with van der Waals surface area (Å²) in [5, 5.41) is 16.6. The van der Waals surface area contributed by atoms with Gasteiger partial charge in [-0.25, -0.2) is 0 Å². The summed E-state index contributed by atoms with van der Waals surface area (Å²) in [6.45, 7) is 4.44. The first-order chi connectivity index (χ1) is 17.2. The molecule has 1 amide bonds. The van der Waals surface area contributed by atoms with E-state index in [1.807, 2.05) is 0 Å². The molecule has 2 aromatic carbocycles. The molecule has 0 saturated carbocycles. The molecule has 3 N–H and O–H groups in total. The van der Waals surface area contributed by atoms with E-state index in [0.29, 0.717) is 21.2 Å². The van der Waals surface area contributed by atoms with Gasteiger partial charge in [0.1, 0.15) is 23.5 Å². The molecule has 2 heterocycles. The maximum Gasteiger partial charge on any atom is 0.416 e. The quantitative estimate of drug-likeness (QED) is 0.384. The Morgan fingerprint density at radius 1 is 1.19 bits per heavy atom. The summed E-state index contributed by atoms with van der Waals surface area (Å²) in [6.07, 6.45) is -4.49. The second kappa shape index (κ2) is 9.40. The van der Waals surface area contributed by atoms with E-state index in [9.17, 15) is 32.7 Å². The van der Waals surface area contributed by atoms with Crippen molar-refractivity contribution in [1.82, 2.24) is 9.88 Å². The summed E-state index contributed by atoms with van der Waals surface area (Å²) in [7, 11) is 0. The summed E-state index contributed by atoms with van der Waals surface area (Å²) in [5.41, 5.74) is -1.70. The lowest BCUT2D eigenvalue weighted by atomic mass is 9.99. The van der Waals surface area contributed by atoms with Gasteiger partial charge in [0.05, 0.1) is 29.4 Å². The number of nitrogens with zero attached hydrogens (tertiary/aromatic N) is 1. The van der Waals surface area contributed by atoms with E-state index in [4.69, 9.17) is 4.74 Å². The molecule has 12 heteroatoms. The first kappa shape index (κ1) is 26.5. The SMILES string of the molecule is CC(C)(C)OC(=O)CNC(=O)c1c(O)c2cc(Br)cc3c2n(c1=O)CC(c1ccc(C(F)(F)F)cc1)N3. The van der Waals surface area contributed by atoms with Gasteiger partial charge in [0.2, 0.25) is 0 Å². The van der Waals surface area contributed by atoms with Crippen LogP contribution in [0.1, 0.15) is 48.3 Å². The van der Waals surface area contributed by atoms with Crippen molar-refractivity contribution < 1.29 is 32.6 Å². The second-order valence-corrected chi connectivity index (χ2v) is 10.5. The van der Waals surface area contributed by atoms with E-state index in [0.717, 1.165) is 12.1 Å². The van der Waals surface area contributed by atoms with Crippen LogP contribution in [0.3, 0.4) is 0 Å². The third-order valence-electron chi connectivity index (χ3n) is 5.67. The van der Waals surface area contributed by atoms with E-state index in [1.54, 1.807) is 26.8 Å². The molecule has 196 valence electrons. The topological polar surface area (TPSA) is 110 Å². The zero-order chi connectivity index (χ0) is 27.3. The third-order valence-corrected chi connectivity index (χ3v) is 6.13. The number of halogens is 4. The monoisotopic (exact) mass is 581 g/mol. The Morgan fingerprint density at radius 3 is 2.43 bits per heavy atom. The lowest BCUT2D eigenvalue weighted by molar-refractivity contribution is -0.153. The molecule has 8 nitrogen and oxygen atoms in total. The maximum absolute atomic E-state index is 13.4. The maximum atomic E-state index is 13.4. The van der Waals surface area contributed by atoms with E-state index in [2.05, 4.69) is 26.6 Å². The number of anilines is 1. The standard InChI is InChI=1S/C25H23BrF3N3O5/c1-24(2,3)37-18(33)10-30-22(35)19-21(34)15-8-14(26)9-16-20(15)32(23(19)36)11-17(31-16)12-4-6-13(7-5-12)25(27,28)29/h4-9,17,31,34H,10-11H2,1-3H3,(H,30,35). The molecule has 0 aliphatic carbocycles. The number of carbonyl (C=O) groups excluding carboxylic acids is 2. The molecule has 4 rings (SSSR count). The number of aromatic hydroxyl groups is 1. The van der Waals surface area contributed by atoms with Crippen LogP contribution in [0.25, 0.3) is 10.9 Å². The molecule has 0 bridgehead atoms. The third kappa shape index (κ3) is 5.43. The van der Waals surface area contributed by atoms with Crippen LogP contribution >= 0.6 is 15.9 Å². The Bertz CT molecular complexity index is 1460. The van der Waals surface area contributed by atoms with Gasteiger partial charge >= 0.3 is 12.1 Å². The Hall–Kier alpha value is -3.54. The summed E-state index contributed by atoms with van der Waals surface area (Å²) >= 11 is 3.35. The molecule has 0 fully saturated rings. The van der Waals surface area contributed by atoms with Gasteiger partial charge in [-0.1, -0.05) is 28.1 Å². The molecule has 1 atom stereocenters. The number of ether oxygens (including phenoxy) is 1. The molecule has 1 aliphatic rings. The number of pyridine rings is 1. The molecular weight excluding hydrogens is 559 g/mol. The number of nitrogens with one attached hydrogen (secondary N) is 2. The fourth-order valence-electron chi connectivity index (χ4n) is 4.16. The molecule has 3 aromatic rings. The highest BCUT2D eigenvalue weighted by Gasteiger charge is 2.32. The number of esters is 1. The number of amides is 1. The predicted octanol–water partition coefficient (Wildman–Crippen LogP) is 4.73. The van der Waals surface area contributed by atoms with Gasteiger partial charge in [0.25, 0.3) is 11.5 Å². The van der Waals surface area contributed by atoms with Gasteiger partial charge in [0, 0.05) is 9.86 Å². The molecule has 1 aromatic heterocycles. The second-order valence-electron chi connectivity index (χ2n) is 9.57. The minimum Gasteiger partial charge on any atom is -0.506 e. The van der Waals surface area contributed by atoms with Crippen molar-refractivity contribution >= 4 is 44.4 Å². The molecule has 0 radical (unpaired) electrons. The van der Waals surface area contributed by atoms with E-state index >= 15 is 0 Å². The highest BCUT2D eigenvalue weighted by atomic mass is 79.9. The van der Waals surface area contributed by atoms with Crippen molar-refractivity contribution in [2.24, 2.45) is 0 Å². The zero-order valence-corrected chi connectivity index (χ0v) is 21.6. The molecule has 1 unspecified atom stereocenters. The van der Waals surface area contributed by atoms with Crippen molar-refractivity contribution in [3.05, 3.63) is 67.9 Å². The zero-order valence-electron chi connectivity index (χ0n) is 20.0. The van der Waals surface area contributed by atoms with Gasteiger partial charge < -0.3 is 25.0 Å². The van der Waals surface area contributed by atoms with Crippen LogP contribution < -0.4 is 16.2 Å². The number of carbonyl (C=O) groups is 2. The molecule has 37 heavy (non-hydrogen) atoms. The van der Waals surface area contributed by atoms with Crippen molar-refractivity contribution in [3.8, 4) is 5.75 Å². The van der Waals surface area contributed by atoms with Gasteiger partial charge in [0.15, 0.2) is 0 Å². The molecule has 0 spiro atoms. The number of hydrogen-bond donors (Lipinski definition) is 3. The van der Waals surface area contributed by atoms with Crippen LogP contribution in [0.5, 0.6) is 5.75 Å². The van der Waals surface area contributed by atoms with Crippen molar-refractivity contribution in [3.63, 3.8) is 0 Å². The Balaban J connectivity index is 1.73. The Kier molecular flexibility index (Phi) is 6.74. The van der Waals surface area contributed by atoms with Crippen LogP contribution in [-0.2, 0) is 22.3 Å². The fourth-order valence-corrected chi connectivity index (χ4v) is 4.62. The lowest BCUT2D eigenvalue weighted by Gasteiger charge is -2.30. The number of alkyl halides is 3. The largest absolute Gasteiger partial charge is 0.506 e. The van der Waals surface area contributed by atoms with Crippen LogP contribution in [0, 0.1) is 0 Å². The van der Waals surface area contributed by atoms with E-state index < -0.39 is 58.7 Å². The van der Waals surface area contributed by atoms with Gasteiger partial charge in [-0.2, -0.15) is 13.2 Å². The van der Waals surface area contributed by atoms with Crippen LogP contribution in [0.2, 0.25) is 0 Å². The summed E-state index contributed by atoms with van der Waals surface area (Å²) in [5.74, 6) is -2.25. The minimum atomic E-state index is -4.49. The van der Waals surface area contributed by atoms with Crippen molar-refractivity contribution in [2.45, 2.75) is 45.1 Å². The van der Waals surface area contributed by atoms with Crippen LogP contribution in [0.15, 0.2) is 45.7 Å². The molecule has 0 saturated heterocycles. The molecule has 1 aliphatic heterocycles. The average molecular weight is 582 g/mol. The highest BCUT2D eigenvalue weighted by molar-refractivity contribution is 9.10. The first-order valence-corrected chi connectivity index (χ1v) is 12.0. The Labute approximate surface area is 217 Å². The number of hydrogen-bond acceptors (Lipinski definition) is 6. The molecular formula is C25H23BrF3N3O5. The summed E-state index contributed by atoms with van der Waals surface area (Å²) < 4.78 is 46.0. The lowest BCUT2D eigenvalue weighted by Crippen LogP contribution is -2.39. The normalized spacial score (nSPS) is 15.3. The van der Waals surface area contributed by atoms with Crippen molar-refractivity contribution in [1.29, 1.82) is 0 Å². The number of benzene rings is 2. The smallest absolute Gasteiger partial charge is 0.416 e. The van der Waals surface area contributed by atoms with Gasteiger partial charge in [-0.3, -0.25) is 14.4 Å². The average Bonchev–Trinajstić information content (AvgIpc) is 2.79.